The second-order valence-corrected chi connectivity index (χ2v) is 12.0. The van der Waals surface area contributed by atoms with Crippen molar-refractivity contribution in [1.82, 2.24) is 15.2 Å². The fourth-order valence-corrected chi connectivity index (χ4v) is 7.09. The van der Waals surface area contributed by atoms with E-state index in [4.69, 9.17) is 4.74 Å². The van der Waals surface area contributed by atoms with Crippen molar-refractivity contribution in [3.8, 4) is 11.1 Å². The minimum Gasteiger partial charge on any atom is -0.448 e. The molecule has 6 heteroatoms. The molecule has 0 saturated heterocycles. The number of H-pyrrole nitrogens is 1. The van der Waals surface area contributed by atoms with Gasteiger partial charge in [0, 0.05) is 34.0 Å². The third-order valence-electron chi connectivity index (χ3n) is 8.75. The molecule has 4 aromatic carbocycles. The van der Waals surface area contributed by atoms with Gasteiger partial charge in [-0.1, -0.05) is 101 Å². The Kier molecular flexibility index (Phi) is 6.89. The first-order valence-corrected chi connectivity index (χ1v) is 15.0. The summed E-state index contributed by atoms with van der Waals surface area (Å²) >= 11 is 3.62. The quantitative estimate of drug-likeness (QED) is 0.209. The number of carbonyl (C=O) groups excluding carboxylic acids is 1. The fourth-order valence-electron chi connectivity index (χ4n) is 6.73. The van der Waals surface area contributed by atoms with E-state index in [2.05, 4.69) is 117 Å². The second kappa shape index (κ2) is 10.8. The van der Waals surface area contributed by atoms with Crippen LogP contribution in [0.15, 0.2) is 102 Å². The highest BCUT2D eigenvalue weighted by Gasteiger charge is 2.36. The minimum absolute atomic E-state index is 0.0267. The molecule has 0 radical (unpaired) electrons. The monoisotopic (exact) mass is 605 g/mol. The number of hydrogen-bond acceptors (Lipinski definition) is 3. The SMILES string of the molecule is CN(C(=O)OCC1c2ccccc2-c2ccccc21)[C@@H](Cc1ccccc1)[C@H]1NCCc2c1[nH]c1cc(Br)ccc21. The van der Waals surface area contributed by atoms with Gasteiger partial charge in [0.05, 0.1) is 12.1 Å². The Morgan fingerprint density at radius 3 is 2.37 bits per heavy atom. The van der Waals surface area contributed by atoms with Crippen LogP contribution in [0.4, 0.5) is 4.79 Å². The molecule has 2 heterocycles. The van der Waals surface area contributed by atoms with E-state index in [0.29, 0.717) is 13.0 Å². The number of rotatable bonds is 6. The predicted octanol–water partition coefficient (Wildman–Crippen LogP) is 7.61. The lowest BCUT2D eigenvalue weighted by Gasteiger charge is -2.37. The Labute approximate surface area is 248 Å². The van der Waals surface area contributed by atoms with Crippen molar-refractivity contribution in [2.45, 2.75) is 30.8 Å². The van der Waals surface area contributed by atoms with Gasteiger partial charge < -0.3 is 19.9 Å². The molecule has 1 amide bonds. The summed E-state index contributed by atoms with van der Waals surface area (Å²) in [6.07, 6.45) is 1.35. The first kappa shape index (κ1) is 26.1. The summed E-state index contributed by atoms with van der Waals surface area (Å²) in [5.74, 6) is 0.0267. The van der Waals surface area contributed by atoms with Crippen molar-refractivity contribution < 1.29 is 9.53 Å². The number of aromatic nitrogens is 1. The van der Waals surface area contributed by atoms with E-state index in [0.717, 1.165) is 28.6 Å². The summed E-state index contributed by atoms with van der Waals surface area (Å²) in [4.78, 5) is 19.3. The number of nitrogens with zero attached hydrogens (tertiary/aromatic N) is 1. The highest BCUT2D eigenvalue weighted by Crippen LogP contribution is 2.44. The largest absolute Gasteiger partial charge is 0.448 e. The number of amides is 1. The van der Waals surface area contributed by atoms with Crippen LogP contribution in [0.2, 0.25) is 0 Å². The van der Waals surface area contributed by atoms with E-state index in [9.17, 15) is 4.79 Å². The fraction of sp³-hybridized carbons (Fsp3) is 0.229. The van der Waals surface area contributed by atoms with Gasteiger partial charge in [0.2, 0.25) is 0 Å². The van der Waals surface area contributed by atoms with Crippen molar-refractivity contribution in [3.05, 3.63) is 129 Å². The van der Waals surface area contributed by atoms with Crippen molar-refractivity contribution in [3.63, 3.8) is 0 Å². The predicted molar refractivity (Wildman–Crippen MR) is 167 cm³/mol. The molecular weight excluding hydrogens is 574 g/mol. The molecule has 0 fully saturated rings. The zero-order chi connectivity index (χ0) is 27.9. The van der Waals surface area contributed by atoms with Crippen molar-refractivity contribution >= 4 is 32.9 Å². The van der Waals surface area contributed by atoms with Gasteiger partial charge in [-0.2, -0.15) is 0 Å². The van der Waals surface area contributed by atoms with E-state index in [-0.39, 0.29) is 24.1 Å². The third kappa shape index (κ3) is 4.75. The van der Waals surface area contributed by atoms with E-state index >= 15 is 0 Å². The third-order valence-corrected chi connectivity index (χ3v) is 9.24. The maximum atomic E-state index is 13.8. The smallest absolute Gasteiger partial charge is 0.409 e. The summed E-state index contributed by atoms with van der Waals surface area (Å²) in [6, 6.07) is 33.5. The molecule has 0 saturated carbocycles. The topological polar surface area (TPSA) is 57.4 Å². The lowest BCUT2D eigenvalue weighted by molar-refractivity contribution is 0.0852. The maximum Gasteiger partial charge on any atom is 0.409 e. The minimum atomic E-state index is -0.305. The highest BCUT2D eigenvalue weighted by atomic mass is 79.9. The van der Waals surface area contributed by atoms with Crippen LogP contribution < -0.4 is 5.32 Å². The Bertz CT molecular complexity index is 1690. The Morgan fingerprint density at radius 2 is 1.63 bits per heavy atom. The van der Waals surface area contributed by atoms with Gasteiger partial charge in [-0.05, 0) is 64.9 Å². The summed E-state index contributed by atoms with van der Waals surface area (Å²) < 4.78 is 7.16. The Hall–Kier alpha value is -3.87. The van der Waals surface area contributed by atoms with Crippen molar-refractivity contribution in [2.75, 3.05) is 20.2 Å². The van der Waals surface area contributed by atoms with Gasteiger partial charge in [-0.15, -0.1) is 0 Å². The van der Waals surface area contributed by atoms with Crippen LogP contribution >= 0.6 is 15.9 Å². The average molecular weight is 607 g/mol. The summed E-state index contributed by atoms with van der Waals surface area (Å²) in [5, 5.41) is 4.99. The number of hydrogen-bond donors (Lipinski definition) is 2. The number of fused-ring (bicyclic) bond motifs is 6. The normalized spacial score (nSPS) is 16.6. The zero-order valence-corrected chi connectivity index (χ0v) is 24.5. The van der Waals surface area contributed by atoms with Crippen molar-refractivity contribution in [2.24, 2.45) is 0 Å². The molecule has 0 unspecified atom stereocenters. The summed E-state index contributed by atoms with van der Waals surface area (Å²) in [7, 11) is 1.88. The lowest BCUT2D eigenvalue weighted by Crippen LogP contribution is -2.49. The maximum absolute atomic E-state index is 13.8. The van der Waals surface area contributed by atoms with Crippen LogP contribution in [0.1, 0.15) is 39.9 Å². The van der Waals surface area contributed by atoms with Gasteiger partial charge in [0.15, 0.2) is 0 Å². The molecule has 1 aromatic heterocycles. The number of nitrogens with one attached hydrogen (secondary N) is 2. The van der Waals surface area contributed by atoms with E-state index in [1.165, 1.54) is 38.8 Å². The molecular formula is C35H32BrN3O2. The number of carbonyl (C=O) groups is 1. The van der Waals surface area contributed by atoms with Gasteiger partial charge in [0.25, 0.3) is 0 Å². The summed E-state index contributed by atoms with van der Waals surface area (Å²) in [6.45, 7) is 1.16. The molecule has 5 aromatic rings. The standard InChI is InChI=1S/C35H32BrN3O2/c1-39(35(40)41-21-30-26-13-7-5-11-24(26)25-12-6-8-14-27(25)30)32(19-22-9-3-2-4-10-22)34-33-29(17-18-37-34)28-16-15-23(36)20-31(28)38-33/h2-16,20,30,32,34,37-38H,17-19,21H2,1H3/t32-,34+/m0/s1. The molecule has 7 rings (SSSR count). The second-order valence-electron chi connectivity index (χ2n) is 11.1. The Balaban J connectivity index is 1.18. The highest BCUT2D eigenvalue weighted by molar-refractivity contribution is 9.10. The number of halogens is 1. The molecule has 0 bridgehead atoms. The van der Waals surface area contributed by atoms with Gasteiger partial charge in [0.1, 0.15) is 6.61 Å². The number of aromatic amines is 1. The van der Waals surface area contributed by atoms with E-state index in [1.807, 2.05) is 13.1 Å². The van der Waals surface area contributed by atoms with E-state index < -0.39 is 0 Å². The first-order valence-electron chi connectivity index (χ1n) is 14.2. The number of ether oxygens (including phenoxy) is 1. The number of likely N-dealkylation sites (N-methyl/N-ethyl adjacent to an activating group) is 1. The first-order chi connectivity index (χ1) is 20.1. The Morgan fingerprint density at radius 1 is 0.951 bits per heavy atom. The molecule has 41 heavy (non-hydrogen) atoms. The van der Waals surface area contributed by atoms with Crippen LogP contribution in [0.25, 0.3) is 22.0 Å². The molecule has 2 aliphatic rings. The van der Waals surface area contributed by atoms with Gasteiger partial charge >= 0.3 is 6.09 Å². The zero-order valence-electron chi connectivity index (χ0n) is 22.9. The molecule has 206 valence electrons. The van der Waals surface area contributed by atoms with Crippen LogP contribution in [0.3, 0.4) is 0 Å². The molecule has 5 nitrogen and oxygen atoms in total. The van der Waals surface area contributed by atoms with Gasteiger partial charge in [-0.25, -0.2) is 4.79 Å². The molecule has 1 aliphatic carbocycles. The van der Waals surface area contributed by atoms with Crippen molar-refractivity contribution in [1.29, 1.82) is 0 Å². The molecule has 2 atom stereocenters. The average Bonchev–Trinajstić information content (AvgIpc) is 3.54. The van der Waals surface area contributed by atoms with Crippen LogP contribution in [0, 0.1) is 0 Å². The molecule has 2 N–H and O–H groups in total. The number of benzene rings is 4. The van der Waals surface area contributed by atoms with Gasteiger partial charge in [-0.3, -0.25) is 0 Å². The van der Waals surface area contributed by atoms with Crippen LogP contribution in [-0.4, -0.2) is 42.2 Å². The van der Waals surface area contributed by atoms with E-state index in [1.54, 1.807) is 4.90 Å². The molecule has 0 spiro atoms. The van der Waals surface area contributed by atoms with Crippen LogP contribution in [0.5, 0.6) is 0 Å². The van der Waals surface area contributed by atoms with Crippen LogP contribution in [-0.2, 0) is 17.6 Å². The summed E-state index contributed by atoms with van der Waals surface area (Å²) in [5.41, 5.74) is 9.66. The lowest BCUT2D eigenvalue weighted by atomic mass is 9.90. The molecule has 1 aliphatic heterocycles.